The summed E-state index contributed by atoms with van der Waals surface area (Å²) in [6.07, 6.45) is 2.61. The van der Waals surface area contributed by atoms with Crippen molar-refractivity contribution in [2.45, 2.75) is 11.3 Å². The molecule has 0 spiro atoms. The number of carbonyl (C=O) groups excluding carboxylic acids is 1. The summed E-state index contributed by atoms with van der Waals surface area (Å²) in [6.45, 7) is 0.567. The van der Waals surface area contributed by atoms with Crippen LogP contribution in [0.2, 0.25) is 0 Å². The van der Waals surface area contributed by atoms with Crippen LogP contribution < -0.4 is 5.32 Å². The van der Waals surface area contributed by atoms with Gasteiger partial charge in [-0.15, -0.1) is 12.6 Å². The molecule has 1 amide bonds. The first-order valence-corrected chi connectivity index (χ1v) is 6.16. The molecule has 0 aliphatic rings. The highest BCUT2D eigenvalue weighted by Crippen LogP contribution is 2.12. The molecule has 2 rings (SSSR count). The molecule has 0 radical (unpaired) electrons. The molecule has 1 aromatic carbocycles. The number of rotatable bonds is 4. The summed E-state index contributed by atoms with van der Waals surface area (Å²) in [5, 5.41) is 7.11. The van der Waals surface area contributed by atoms with E-state index in [1.54, 1.807) is 16.8 Å². The molecule has 0 atom stereocenters. The average Bonchev–Trinajstić information content (AvgIpc) is 2.75. The number of hydrogen-bond acceptors (Lipinski definition) is 3. The van der Waals surface area contributed by atoms with Crippen molar-refractivity contribution >= 4 is 18.5 Å². The zero-order valence-electron chi connectivity index (χ0n) is 10.1. The molecule has 0 aliphatic heterocycles. The molecule has 4 nitrogen and oxygen atoms in total. The van der Waals surface area contributed by atoms with Gasteiger partial charge in [-0.2, -0.15) is 5.10 Å². The minimum absolute atomic E-state index is 0.100. The van der Waals surface area contributed by atoms with E-state index < -0.39 is 0 Å². The third-order valence-corrected chi connectivity index (χ3v) is 2.97. The van der Waals surface area contributed by atoms with E-state index in [0.717, 1.165) is 12.1 Å². The number of benzene rings is 1. The topological polar surface area (TPSA) is 46.9 Å². The summed E-state index contributed by atoms with van der Waals surface area (Å²) < 4.78 is 1.75. The second kappa shape index (κ2) is 5.73. The van der Waals surface area contributed by atoms with E-state index >= 15 is 0 Å². The Morgan fingerprint density at radius 2 is 2.17 bits per heavy atom. The van der Waals surface area contributed by atoms with Gasteiger partial charge in [0.05, 0.1) is 11.3 Å². The molecular formula is C13H15N3OS. The SMILES string of the molecule is Cn1ccc(CCNC(=O)c2ccccc2S)n1. The Morgan fingerprint density at radius 3 is 2.83 bits per heavy atom. The Balaban J connectivity index is 1.87. The Labute approximate surface area is 111 Å². The maximum absolute atomic E-state index is 11.9. The van der Waals surface area contributed by atoms with Gasteiger partial charge < -0.3 is 5.32 Å². The molecule has 1 N–H and O–H groups in total. The Morgan fingerprint density at radius 1 is 1.39 bits per heavy atom. The summed E-state index contributed by atoms with van der Waals surface area (Å²) in [4.78, 5) is 12.6. The molecule has 5 heteroatoms. The molecule has 94 valence electrons. The van der Waals surface area contributed by atoms with Crippen LogP contribution in [0.15, 0.2) is 41.4 Å². The maximum Gasteiger partial charge on any atom is 0.252 e. The van der Waals surface area contributed by atoms with Gasteiger partial charge in [-0.3, -0.25) is 9.48 Å². The second-order valence-corrected chi connectivity index (χ2v) is 4.49. The van der Waals surface area contributed by atoms with Crippen LogP contribution >= 0.6 is 12.6 Å². The number of carbonyl (C=O) groups is 1. The van der Waals surface area contributed by atoms with Gasteiger partial charge >= 0.3 is 0 Å². The van der Waals surface area contributed by atoms with Gasteiger partial charge in [0.15, 0.2) is 0 Å². The van der Waals surface area contributed by atoms with E-state index in [-0.39, 0.29) is 5.91 Å². The number of amides is 1. The highest BCUT2D eigenvalue weighted by Gasteiger charge is 2.07. The predicted octanol–water partition coefficient (Wildman–Crippen LogP) is 1.68. The molecule has 0 bridgehead atoms. The summed E-state index contributed by atoms with van der Waals surface area (Å²) in [5.74, 6) is -0.100. The van der Waals surface area contributed by atoms with Crippen molar-refractivity contribution < 1.29 is 4.79 Å². The van der Waals surface area contributed by atoms with Crippen LogP contribution in [0, 0.1) is 0 Å². The van der Waals surface area contributed by atoms with E-state index in [0.29, 0.717) is 17.0 Å². The lowest BCUT2D eigenvalue weighted by atomic mass is 10.2. The van der Waals surface area contributed by atoms with Gasteiger partial charge in [-0.05, 0) is 18.2 Å². The number of aromatic nitrogens is 2. The Kier molecular flexibility index (Phi) is 4.04. The van der Waals surface area contributed by atoms with E-state index in [1.165, 1.54) is 0 Å². The summed E-state index contributed by atoms with van der Waals surface area (Å²) in [7, 11) is 1.87. The van der Waals surface area contributed by atoms with Crippen LogP contribution in [-0.4, -0.2) is 22.2 Å². The van der Waals surface area contributed by atoms with E-state index in [4.69, 9.17) is 0 Å². The van der Waals surface area contributed by atoms with Crippen LogP contribution in [0.3, 0.4) is 0 Å². The van der Waals surface area contributed by atoms with Crippen LogP contribution in [0.25, 0.3) is 0 Å². The number of aryl methyl sites for hydroxylation is 1. The fraction of sp³-hybridized carbons (Fsp3) is 0.231. The highest BCUT2D eigenvalue weighted by molar-refractivity contribution is 7.80. The van der Waals surface area contributed by atoms with Gasteiger partial charge in [0, 0.05) is 31.1 Å². The van der Waals surface area contributed by atoms with Gasteiger partial charge in [0.2, 0.25) is 0 Å². The van der Waals surface area contributed by atoms with Crippen molar-refractivity contribution in [2.75, 3.05) is 6.54 Å². The standard InChI is InChI=1S/C13H15N3OS/c1-16-9-7-10(15-16)6-8-14-13(17)11-4-2-3-5-12(11)18/h2-5,7,9,18H,6,8H2,1H3,(H,14,17). The first-order valence-electron chi connectivity index (χ1n) is 5.71. The van der Waals surface area contributed by atoms with E-state index in [9.17, 15) is 4.79 Å². The minimum Gasteiger partial charge on any atom is -0.352 e. The van der Waals surface area contributed by atoms with Crippen LogP contribution in [-0.2, 0) is 13.5 Å². The average molecular weight is 261 g/mol. The van der Waals surface area contributed by atoms with Gasteiger partial charge in [-0.25, -0.2) is 0 Å². The van der Waals surface area contributed by atoms with Gasteiger partial charge in [0.25, 0.3) is 5.91 Å². The Bertz CT molecular complexity index is 551. The van der Waals surface area contributed by atoms with Crippen molar-refractivity contribution in [3.05, 3.63) is 47.8 Å². The van der Waals surface area contributed by atoms with Crippen molar-refractivity contribution in [1.82, 2.24) is 15.1 Å². The molecule has 18 heavy (non-hydrogen) atoms. The predicted molar refractivity (Wildman–Crippen MR) is 72.9 cm³/mol. The molecule has 0 saturated carbocycles. The maximum atomic E-state index is 11.9. The lowest BCUT2D eigenvalue weighted by Crippen LogP contribution is -2.26. The Hall–Kier alpha value is -1.75. The molecule has 0 saturated heterocycles. The van der Waals surface area contributed by atoms with Crippen molar-refractivity contribution in [3.8, 4) is 0 Å². The molecule has 1 aromatic heterocycles. The van der Waals surface area contributed by atoms with Crippen LogP contribution in [0.1, 0.15) is 16.1 Å². The number of nitrogens with one attached hydrogen (secondary N) is 1. The first-order chi connectivity index (χ1) is 8.66. The molecule has 0 fully saturated rings. The van der Waals surface area contributed by atoms with Crippen LogP contribution in [0.4, 0.5) is 0 Å². The van der Waals surface area contributed by atoms with Crippen LogP contribution in [0.5, 0.6) is 0 Å². The molecule has 1 heterocycles. The molecule has 0 aliphatic carbocycles. The highest BCUT2D eigenvalue weighted by atomic mass is 32.1. The quantitative estimate of drug-likeness (QED) is 0.823. The largest absolute Gasteiger partial charge is 0.352 e. The monoisotopic (exact) mass is 261 g/mol. The molecule has 0 unspecified atom stereocenters. The summed E-state index contributed by atoms with van der Waals surface area (Å²) >= 11 is 4.26. The van der Waals surface area contributed by atoms with Crippen molar-refractivity contribution in [2.24, 2.45) is 7.05 Å². The fourth-order valence-corrected chi connectivity index (χ4v) is 1.92. The zero-order valence-corrected chi connectivity index (χ0v) is 11.0. The van der Waals surface area contributed by atoms with Gasteiger partial charge in [-0.1, -0.05) is 12.1 Å². The minimum atomic E-state index is -0.100. The number of hydrogen-bond donors (Lipinski definition) is 2. The second-order valence-electron chi connectivity index (χ2n) is 4.00. The lowest BCUT2D eigenvalue weighted by molar-refractivity contribution is 0.0951. The number of thiol groups is 1. The van der Waals surface area contributed by atoms with Gasteiger partial charge in [0.1, 0.15) is 0 Å². The molecule has 2 aromatic rings. The lowest BCUT2D eigenvalue weighted by Gasteiger charge is -2.05. The first kappa shape index (κ1) is 12.7. The van der Waals surface area contributed by atoms with E-state index in [1.807, 2.05) is 31.4 Å². The number of nitrogens with zero attached hydrogens (tertiary/aromatic N) is 2. The summed E-state index contributed by atoms with van der Waals surface area (Å²) in [6, 6.07) is 9.19. The fourth-order valence-electron chi connectivity index (χ4n) is 1.66. The zero-order chi connectivity index (χ0) is 13.0. The summed E-state index contributed by atoms with van der Waals surface area (Å²) in [5.41, 5.74) is 1.57. The smallest absolute Gasteiger partial charge is 0.252 e. The normalized spacial score (nSPS) is 10.3. The molecular weight excluding hydrogens is 246 g/mol. The van der Waals surface area contributed by atoms with Crippen molar-refractivity contribution in [1.29, 1.82) is 0 Å². The third-order valence-electron chi connectivity index (χ3n) is 2.58. The van der Waals surface area contributed by atoms with E-state index in [2.05, 4.69) is 23.0 Å². The van der Waals surface area contributed by atoms with Crippen molar-refractivity contribution in [3.63, 3.8) is 0 Å². The third kappa shape index (κ3) is 3.13.